The van der Waals surface area contributed by atoms with Crippen LogP contribution in [0.15, 0.2) is 0 Å². The lowest BCUT2D eigenvalue weighted by Gasteiger charge is -2.44. The Balaban J connectivity index is 3.24. The van der Waals surface area contributed by atoms with Crippen molar-refractivity contribution in [1.82, 2.24) is 0 Å². The molecule has 1 heterocycles. The summed E-state index contributed by atoms with van der Waals surface area (Å²) in [5.41, 5.74) is 0. The summed E-state index contributed by atoms with van der Waals surface area (Å²) in [6, 6.07) is 0. The molecule has 5 atom stereocenters. The Morgan fingerprint density at radius 3 is 1.61 bits per heavy atom. The van der Waals surface area contributed by atoms with E-state index in [9.17, 15) is 19.2 Å². The Bertz CT molecular complexity index is 620. The SMILES string of the molecule is CCOP(CC[C@H]1O[C@H](OC(C)=O)[C@@H](OC(C)=O)[C@@H](OC(C)=O)[C@@H]1OC(C)=O)OCC. The molecule has 31 heavy (non-hydrogen) atoms. The van der Waals surface area contributed by atoms with Crippen LogP contribution in [0.5, 0.6) is 0 Å². The predicted octanol–water partition coefficient (Wildman–Crippen LogP) is 1.84. The second-order valence-electron chi connectivity index (χ2n) is 6.56. The minimum absolute atomic E-state index is 0.270. The lowest BCUT2D eigenvalue weighted by Crippen LogP contribution is -2.62. The van der Waals surface area contributed by atoms with Gasteiger partial charge >= 0.3 is 23.9 Å². The fourth-order valence-corrected chi connectivity index (χ4v) is 4.41. The van der Waals surface area contributed by atoms with Gasteiger partial charge < -0.3 is 32.7 Å². The molecular formula is C19H31O11P. The van der Waals surface area contributed by atoms with E-state index in [2.05, 4.69) is 0 Å². The van der Waals surface area contributed by atoms with E-state index < -0.39 is 63.0 Å². The zero-order chi connectivity index (χ0) is 23.6. The summed E-state index contributed by atoms with van der Waals surface area (Å²) in [6.07, 6.45) is -5.23. The van der Waals surface area contributed by atoms with E-state index in [-0.39, 0.29) is 6.42 Å². The van der Waals surface area contributed by atoms with Crippen molar-refractivity contribution >= 4 is 32.3 Å². The highest BCUT2D eigenvalue weighted by molar-refractivity contribution is 7.47. The third-order valence-corrected chi connectivity index (χ3v) is 5.64. The molecule has 0 amide bonds. The minimum atomic E-state index is -1.37. The summed E-state index contributed by atoms with van der Waals surface area (Å²) in [4.78, 5) is 46.8. The van der Waals surface area contributed by atoms with Crippen molar-refractivity contribution in [3.05, 3.63) is 0 Å². The number of rotatable bonds is 11. The smallest absolute Gasteiger partial charge is 0.305 e. The van der Waals surface area contributed by atoms with E-state index in [1.807, 2.05) is 13.8 Å². The Kier molecular flexibility index (Phi) is 11.9. The molecule has 0 N–H and O–H groups in total. The van der Waals surface area contributed by atoms with Crippen LogP contribution in [0, 0.1) is 0 Å². The van der Waals surface area contributed by atoms with Crippen molar-refractivity contribution in [2.45, 2.75) is 78.7 Å². The van der Waals surface area contributed by atoms with Gasteiger partial charge in [-0.25, -0.2) is 0 Å². The quantitative estimate of drug-likeness (QED) is 0.251. The van der Waals surface area contributed by atoms with Crippen LogP contribution in [0.4, 0.5) is 0 Å². The monoisotopic (exact) mass is 466 g/mol. The summed E-state index contributed by atoms with van der Waals surface area (Å²) >= 11 is 0. The zero-order valence-corrected chi connectivity index (χ0v) is 19.5. The van der Waals surface area contributed by atoms with Crippen molar-refractivity contribution in [2.24, 2.45) is 0 Å². The van der Waals surface area contributed by atoms with Crippen LogP contribution >= 0.6 is 8.38 Å². The maximum absolute atomic E-state index is 11.8. The first-order chi connectivity index (χ1) is 14.6. The van der Waals surface area contributed by atoms with Crippen LogP contribution in [0.1, 0.15) is 48.0 Å². The first kappa shape index (κ1) is 27.2. The lowest BCUT2D eigenvalue weighted by atomic mass is 9.96. The lowest BCUT2D eigenvalue weighted by molar-refractivity contribution is -0.296. The van der Waals surface area contributed by atoms with Crippen LogP contribution in [0.25, 0.3) is 0 Å². The zero-order valence-electron chi connectivity index (χ0n) is 18.7. The van der Waals surface area contributed by atoms with E-state index in [1.54, 1.807) is 0 Å². The third-order valence-electron chi connectivity index (χ3n) is 3.92. The third kappa shape index (κ3) is 9.47. The molecule has 12 heteroatoms. The average Bonchev–Trinajstić information content (AvgIpc) is 2.63. The molecule has 1 aliphatic rings. The van der Waals surface area contributed by atoms with Crippen LogP contribution in [0.3, 0.4) is 0 Å². The van der Waals surface area contributed by atoms with E-state index in [1.165, 1.54) is 6.92 Å². The highest BCUT2D eigenvalue weighted by Gasteiger charge is 2.53. The Hall–Kier alpha value is -1.81. The number of hydrogen-bond acceptors (Lipinski definition) is 11. The maximum Gasteiger partial charge on any atom is 0.305 e. The molecule has 0 radical (unpaired) electrons. The molecule has 0 bridgehead atoms. The van der Waals surface area contributed by atoms with Gasteiger partial charge in [-0.1, -0.05) is 0 Å². The molecule has 0 aromatic carbocycles. The molecule has 11 nitrogen and oxygen atoms in total. The fourth-order valence-electron chi connectivity index (χ4n) is 3.03. The summed E-state index contributed by atoms with van der Waals surface area (Å²) in [5, 5.41) is 0. The van der Waals surface area contributed by atoms with Gasteiger partial charge in [-0.05, 0) is 20.3 Å². The molecular weight excluding hydrogens is 435 g/mol. The first-order valence-corrected chi connectivity index (χ1v) is 11.3. The molecule has 1 saturated heterocycles. The van der Waals surface area contributed by atoms with Gasteiger partial charge in [-0.3, -0.25) is 19.2 Å². The molecule has 0 aliphatic carbocycles. The van der Waals surface area contributed by atoms with E-state index in [4.69, 9.17) is 32.7 Å². The van der Waals surface area contributed by atoms with Gasteiger partial charge in [0.15, 0.2) is 20.6 Å². The minimum Gasteiger partial charge on any atom is -0.456 e. The predicted molar refractivity (Wildman–Crippen MR) is 107 cm³/mol. The van der Waals surface area contributed by atoms with E-state index in [0.29, 0.717) is 19.4 Å². The standard InChI is InChI=1S/C19H31O11P/c1-7-24-31(25-8-2)10-9-15-16(26-11(3)20)17(27-12(4)21)18(28-13(5)22)19(30-15)29-14(6)23/h15-19H,7-10H2,1-6H3/t15-,16-,17+,18+,19+/m1/s1. The highest BCUT2D eigenvalue weighted by atomic mass is 31.2. The highest BCUT2D eigenvalue weighted by Crippen LogP contribution is 2.41. The normalized spacial score (nSPS) is 25.6. The van der Waals surface area contributed by atoms with E-state index >= 15 is 0 Å². The van der Waals surface area contributed by atoms with E-state index in [0.717, 1.165) is 20.8 Å². The summed E-state index contributed by atoms with van der Waals surface area (Å²) in [6.45, 7) is 9.22. The fraction of sp³-hybridized carbons (Fsp3) is 0.789. The number of carbonyl (C=O) groups excluding carboxylic acids is 4. The van der Waals surface area contributed by atoms with Crippen molar-refractivity contribution < 1.29 is 51.9 Å². The first-order valence-electron chi connectivity index (χ1n) is 9.96. The largest absolute Gasteiger partial charge is 0.456 e. The maximum atomic E-state index is 11.8. The van der Waals surface area contributed by atoms with Crippen LogP contribution in [0.2, 0.25) is 0 Å². The Morgan fingerprint density at radius 2 is 1.16 bits per heavy atom. The number of hydrogen-bond donors (Lipinski definition) is 0. The van der Waals surface area contributed by atoms with Gasteiger partial charge in [0.05, 0.1) is 13.2 Å². The number of ether oxygens (including phenoxy) is 5. The van der Waals surface area contributed by atoms with Gasteiger partial charge in [0, 0.05) is 33.9 Å². The van der Waals surface area contributed by atoms with Crippen LogP contribution in [-0.2, 0) is 51.9 Å². The van der Waals surface area contributed by atoms with Crippen molar-refractivity contribution in [2.75, 3.05) is 19.4 Å². The van der Waals surface area contributed by atoms with Gasteiger partial charge in [0.2, 0.25) is 12.4 Å². The van der Waals surface area contributed by atoms with Crippen molar-refractivity contribution in [3.63, 3.8) is 0 Å². The Labute approximate surface area is 182 Å². The van der Waals surface area contributed by atoms with Crippen LogP contribution in [-0.4, -0.2) is 74.0 Å². The molecule has 0 saturated carbocycles. The van der Waals surface area contributed by atoms with Gasteiger partial charge in [-0.15, -0.1) is 0 Å². The van der Waals surface area contributed by atoms with Crippen LogP contribution < -0.4 is 0 Å². The molecule has 1 rings (SSSR count). The van der Waals surface area contributed by atoms with Gasteiger partial charge in [0.1, 0.15) is 6.10 Å². The summed E-state index contributed by atoms with van der Waals surface area (Å²) in [7, 11) is -1.23. The second-order valence-corrected chi connectivity index (χ2v) is 8.18. The topological polar surface area (TPSA) is 133 Å². The molecule has 1 aliphatic heterocycles. The summed E-state index contributed by atoms with van der Waals surface area (Å²) < 4.78 is 38.2. The molecule has 1 fully saturated rings. The molecule has 0 aromatic rings. The van der Waals surface area contributed by atoms with Gasteiger partial charge in [-0.2, -0.15) is 0 Å². The molecule has 178 valence electrons. The number of esters is 4. The summed E-state index contributed by atoms with van der Waals surface area (Å²) in [5.74, 6) is -2.77. The van der Waals surface area contributed by atoms with Crippen molar-refractivity contribution in [3.8, 4) is 0 Å². The van der Waals surface area contributed by atoms with Crippen molar-refractivity contribution in [1.29, 1.82) is 0 Å². The van der Waals surface area contributed by atoms with Gasteiger partial charge in [0.25, 0.3) is 0 Å². The number of carbonyl (C=O) groups is 4. The molecule has 0 unspecified atom stereocenters. The Morgan fingerprint density at radius 1 is 0.710 bits per heavy atom. The molecule has 0 aromatic heterocycles. The average molecular weight is 466 g/mol. The molecule has 0 spiro atoms. The second kappa shape index (κ2) is 13.6.